The number of nitrogens with zero attached hydrogens (tertiary/aromatic N) is 1. The summed E-state index contributed by atoms with van der Waals surface area (Å²) in [6.45, 7) is 4.03. The molecular weight excluding hydrogens is 537 g/mol. The number of ketones is 1. The van der Waals surface area contributed by atoms with Crippen molar-refractivity contribution in [3.8, 4) is 11.8 Å². The first kappa shape index (κ1) is 27.9. The maximum atomic E-state index is 14.0. The summed E-state index contributed by atoms with van der Waals surface area (Å²) in [5, 5.41) is 11.8. The topological polar surface area (TPSA) is 57.6 Å². The molecule has 4 aliphatic rings. The molecule has 4 aliphatic carbocycles. The van der Waals surface area contributed by atoms with Gasteiger partial charge in [-0.15, -0.1) is 5.92 Å². The molecule has 1 N–H and O–H groups in total. The first-order chi connectivity index (χ1) is 19.6. The van der Waals surface area contributed by atoms with E-state index < -0.39 is 11.4 Å². The van der Waals surface area contributed by atoms with Gasteiger partial charge in [-0.25, -0.2) is 4.39 Å². The number of carbonyl (C=O) groups is 2. The number of hydrogen-bond donors (Lipinski definition) is 1. The predicted octanol–water partition coefficient (Wildman–Crippen LogP) is 7.41. The van der Waals surface area contributed by atoms with E-state index in [0.717, 1.165) is 43.7 Å². The standard InChI is InChI=1S/C35H35ClFNO3/c1-4-16-35(41)17-15-29-27-12-7-22-18-25(39)11-13-26(22)32(27)28(20-34(29,35)2)21-5-9-24(10-6-21)38(3)33(40)23-8-14-30(36)31(37)19-23/h5-6,8-10,14,18-19,27-29,41H,7,11-13,15,17,20H2,1-3H3/t27-,28+,29-,34-,35-/m0/s1. The Labute approximate surface area is 246 Å². The first-order valence-corrected chi connectivity index (χ1v) is 14.9. The van der Waals surface area contributed by atoms with Gasteiger partial charge in [-0.1, -0.05) is 42.2 Å². The SMILES string of the molecule is CC#C[C@]1(O)CC[C@H]2[C@@H]3CCC4=CC(=O)CCC4=C3[C@@H](c3ccc(N(C)C(=O)c4ccc(Cl)c(F)c4)cc3)C[C@@]21C. The number of benzene rings is 2. The Morgan fingerprint density at radius 2 is 1.88 bits per heavy atom. The minimum Gasteiger partial charge on any atom is -0.377 e. The zero-order chi connectivity index (χ0) is 29.1. The van der Waals surface area contributed by atoms with Crippen LogP contribution in [0.3, 0.4) is 0 Å². The number of amides is 1. The smallest absolute Gasteiger partial charge is 0.258 e. The second kappa shape index (κ2) is 10.3. The lowest BCUT2D eigenvalue weighted by Gasteiger charge is -2.53. The zero-order valence-electron chi connectivity index (χ0n) is 23.8. The van der Waals surface area contributed by atoms with Gasteiger partial charge in [0.25, 0.3) is 5.91 Å². The summed E-state index contributed by atoms with van der Waals surface area (Å²) >= 11 is 5.80. The Kier molecular flexibility index (Phi) is 6.99. The van der Waals surface area contributed by atoms with Crippen molar-refractivity contribution in [1.82, 2.24) is 0 Å². The van der Waals surface area contributed by atoms with Crippen LogP contribution >= 0.6 is 11.6 Å². The Morgan fingerprint density at radius 1 is 1.12 bits per heavy atom. The van der Waals surface area contributed by atoms with E-state index in [4.69, 9.17) is 11.6 Å². The molecule has 0 aromatic heterocycles. The maximum Gasteiger partial charge on any atom is 0.258 e. The molecular formula is C35H35ClFNO3. The van der Waals surface area contributed by atoms with Crippen LogP contribution in [-0.2, 0) is 4.79 Å². The van der Waals surface area contributed by atoms with Crippen LogP contribution in [0.25, 0.3) is 0 Å². The van der Waals surface area contributed by atoms with Crippen molar-refractivity contribution in [3.05, 3.63) is 87.2 Å². The number of fused-ring (bicyclic) bond motifs is 4. The summed E-state index contributed by atoms with van der Waals surface area (Å²) in [6, 6.07) is 12.1. The molecule has 0 spiro atoms. The third kappa shape index (κ3) is 4.47. The predicted molar refractivity (Wildman–Crippen MR) is 159 cm³/mol. The van der Waals surface area contributed by atoms with Crippen LogP contribution in [0.2, 0.25) is 5.02 Å². The van der Waals surface area contributed by atoms with Crippen LogP contribution in [0.5, 0.6) is 0 Å². The van der Waals surface area contributed by atoms with Gasteiger partial charge in [0.1, 0.15) is 11.4 Å². The van der Waals surface area contributed by atoms with E-state index in [9.17, 15) is 19.1 Å². The van der Waals surface area contributed by atoms with E-state index in [1.165, 1.54) is 33.8 Å². The lowest BCUT2D eigenvalue weighted by molar-refractivity contribution is -0.114. The molecule has 1 amide bonds. The largest absolute Gasteiger partial charge is 0.377 e. The summed E-state index contributed by atoms with van der Waals surface area (Å²) in [7, 11) is 1.68. The van der Waals surface area contributed by atoms with Crippen molar-refractivity contribution in [2.75, 3.05) is 11.9 Å². The molecule has 0 aliphatic heterocycles. The maximum absolute atomic E-state index is 14.0. The molecule has 41 heavy (non-hydrogen) atoms. The van der Waals surface area contributed by atoms with Gasteiger partial charge in [-0.3, -0.25) is 9.59 Å². The summed E-state index contributed by atoms with van der Waals surface area (Å²) in [4.78, 5) is 26.9. The number of aliphatic hydroxyl groups is 1. The van der Waals surface area contributed by atoms with E-state index in [1.54, 1.807) is 14.0 Å². The van der Waals surface area contributed by atoms with Crippen molar-refractivity contribution in [3.63, 3.8) is 0 Å². The molecule has 0 saturated heterocycles. The fraction of sp³-hybridized carbons (Fsp3) is 0.429. The van der Waals surface area contributed by atoms with E-state index in [1.807, 2.05) is 18.2 Å². The summed E-state index contributed by atoms with van der Waals surface area (Å²) in [5.41, 5.74) is 4.67. The summed E-state index contributed by atoms with van der Waals surface area (Å²) in [5.74, 6) is 6.24. The first-order valence-electron chi connectivity index (χ1n) is 14.5. The molecule has 2 aromatic carbocycles. The monoisotopic (exact) mass is 571 g/mol. The minimum atomic E-state index is -1.03. The third-order valence-corrected chi connectivity index (χ3v) is 10.7. The van der Waals surface area contributed by atoms with Gasteiger partial charge in [0.05, 0.1) is 5.02 Å². The molecule has 0 radical (unpaired) electrons. The number of anilines is 1. The molecule has 2 fully saturated rings. The fourth-order valence-corrected chi connectivity index (χ4v) is 8.36. The van der Waals surface area contributed by atoms with Crippen LogP contribution in [-0.4, -0.2) is 29.4 Å². The molecule has 2 saturated carbocycles. The molecule has 2 aromatic rings. The summed E-state index contributed by atoms with van der Waals surface area (Å²) in [6.07, 6.45) is 7.49. The van der Waals surface area contributed by atoms with Gasteiger partial charge in [-0.05, 0) is 110 Å². The van der Waals surface area contributed by atoms with Gasteiger partial charge in [0.15, 0.2) is 5.78 Å². The summed E-state index contributed by atoms with van der Waals surface area (Å²) < 4.78 is 14.0. The molecule has 6 rings (SSSR count). The van der Waals surface area contributed by atoms with Crippen molar-refractivity contribution in [1.29, 1.82) is 0 Å². The highest BCUT2D eigenvalue weighted by molar-refractivity contribution is 6.30. The number of rotatable bonds is 3. The Balaban J connectivity index is 1.39. The van der Waals surface area contributed by atoms with Crippen LogP contribution in [0, 0.1) is 34.9 Å². The van der Waals surface area contributed by atoms with Gasteiger partial charge in [0, 0.05) is 36.1 Å². The highest BCUT2D eigenvalue weighted by Gasteiger charge is 2.62. The van der Waals surface area contributed by atoms with Crippen LogP contribution in [0.4, 0.5) is 10.1 Å². The van der Waals surface area contributed by atoms with Gasteiger partial charge in [0.2, 0.25) is 0 Å². The van der Waals surface area contributed by atoms with E-state index in [-0.39, 0.29) is 33.6 Å². The lowest BCUT2D eigenvalue weighted by atomic mass is 9.51. The third-order valence-electron chi connectivity index (χ3n) is 10.4. The molecule has 4 nitrogen and oxygen atoms in total. The van der Waals surface area contributed by atoms with Crippen LogP contribution < -0.4 is 4.90 Å². The van der Waals surface area contributed by atoms with E-state index >= 15 is 0 Å². The van der Waals surface area contributed by atoms with Crippen molar-refractivity contribution >= 4 is 29.0 Å². The van der Waals surface area contributed by atoms with Gasteiger partial charge >= 0.3 is 0 Å². The van der Waals surface area contributed by atoms with Crippen molar-refractivity contribution < 1.29 is 19.1 Å². The highest BCUT2D eigenvalue weighted by Crippen LogP contribution is 2.66. The molecule has 5 atom stereocenters. The molecule has 6 heteroatoms. The normalized spacial score (nSPS) is 30.4. The number of hydrogen-bond acceptors (Lipinski definition) is 3. The molecule has 212 valence electrons. The minimum absolute atomic E-state index is 0.0206. The van der Waals surface area contributed by atoms with Crippen molar-refractivity contribution in [2.45, 2.75) is 70.3 Å². The van der Waals surface area contributed by atoms with Crippen LogP contribution in [0.15, 0.2) is 65.3 Å². The molecule has 0 unspecified atom stereocenters. The Hall–Kier alpha value is -3.20. The van der Waals surface area contributed by atoms with E-state index in [0.29, 0.717) is 30.4 Å². The Morgan fingerprint density at radius 3 is 2.59 bits per heavy atom. The van der Waals surface area contributed by atoms with Crippen LogP contribution in [0.1, 0.15) is 80.6 Å². The second-order valence-electron chi connectivity index (χ2n) is 12.4. The van der Waals surface area contributed by atoms with E-state index in [2.05, 4.69) is 30.9 Å². The lowest BCUT2D eigenvalue weighted by Crippen LogP contribution is -2.51. The average molecular weight is 572 g/mol. The average Bonchev–Trinajstić information content (AvgIpc) is 3.23. The number of allylic oxidation sites excluding steroid dienone is 4. The van der Waals surface area contributed by atoms with Crippen molar-refractivity contribution in [2.24, 2.45) is 17.3 Å². The quantitative estimate of drug-likeness (QED) is 0.390. The highest BCUT2D eigenvalue weighted by atomic mass is 35.5. The van der Waals surface area contributed by atoms with Gasteiger partial charge < -0.3 is 10.0 Å². The Bertz CT molecular complexity index is 1560. The molecule has 0 bridgehead atoms. The fourth-order valence-electron chi connectivity index (χ4n) is 8.25. The molecule has 0 heterocycles. The number of carbonyl (C=O) groups excluding carboxylic acids is 2. The second-order valence-corrected chi connectivity index (χ2v) is 12.8. The zero-order valence-corrected chi connectivity index (χ0v) is 24.5. The number of halogens is 2. The van der Waals surface area contributed by atoms with Gasteiger partial charge in [-0.2, -0.15) is 0 Å².